The zero-order valence-corrected chi connectivity index (χ0v) is 13.1. The van der Waals surface area contributed by atoms with Gasteiger partial charge in [-0.2, -0.15) is 0 Å². The molecule has 22 heavy (non-hydrogen) atoms. The Hall–Kier alpha value is -1.92. The van der Waals surface area contributed by atoms with E-state index in [9.17, 15) is 14.3 Å². The Morgan fingerprint density at radius 3 is 2.86 bits per heavy atom. The number of carbonyl (C=O) groups is 1. The maximum Gasteiger partial charge on any atom is 0.315 e. The van der Waals surface area contributed by atoms with Crippen LogP contribution in [0.5, 0.6) is 0 Å². The Labute approximate surface area is 133 Å². The molecular weight excluding hydrogens is 303 g/mol. The van der Waals surface area contributed by atoms with Crippen molar-refractivity contribution in [2.45, 2.75) is 25.5 Å². The van der Waals surface area contributed by atoms with Gasteiger partial charge in [0.15, 0.2) is 0 Å². The van der Waals surface area contributed by atoms with Crippen LogP contribution >= 0.6 is 11.3 Å². The number of benzene rings is 1. The smallest absolute Gasteiger partial charge is 0.315 e. The van der Waals surface area contributed by atoms with Crippen molar-refractivity contribution >= 4 is 17.4 Å². The standard InChI is InChI=1S/C16H19FN2O2S/c1-11(8-12-4-2-5-13(17)9-12)19-16(21)18-10-14(20)15-6-3-7-22-15/h2-7,9,11,14,20H,8,10H2,1H3,(H2,18,19,21)/t11-,14-/m1/s1. The maximum absolute atomic E-state index is 13.1. The lowest BCUT2D eigenvalue weighted by Crippen LogP contribution is -2.43. The fraction of sp³-hybridized carbons (Fsp3) is 0.312. The van der Waals surface area contributed by atoms with E-state index in [1.54, 1.807) is 6.07 Å². The lowest BCUT2D eigenvalue weighted by atomic mass is 10.1. The number of rotatable bonds is 6. The van der Waals surface area contributed by atoms with Gasteiger partial charge in [-0.25, -0.2) is 9.18 Å². The molecule has 0 spiro atoms. The van der Waals surface area contributed by atoms with Gasteiger partial charge in [-0.3, -0.25) is 0 Å². The first-order valence-electron chi connectivity index (χ1n) is 7.05. The highest BCUT2D eigenvalue weighted by molar-refractivity contribution is 7.10. The minimum absolute atomic E-state index is 0.138. The van der Waals surface area contributed by atoms with Crippen molar-refractivity contribution in [2.75, 3.05) is 6.54 Å². The van der Waals surface area contributed by atoms with Gasteiger partial charge in [0.1, 0.15) is 11.9 Å². The fourth-order valence-electron chi connectivity index (χ4n) is 2.11. The molecule has 0 unspecified atom stereocenters. The summed E-state index contributed by atoms with van der Waals surface area (Å²) in [5.41, 5.74) is 0.825. The molecule has 0 bridgehead atoms. The van der Waals surface area contributed by atoms with Gasteiger partial charge in [-0.15, -0.1) is 11.3 Å². The van der Waals surface area contributed by atoms with Gasteiger partial charge in [0.05, 0.1) is 6.54 Å². The van der Waals surface area contributed by atoms with E-state index in [2.05, 4.69) is 10.6 Å². The highest BCUT2D eigenvalue weighted by atomic mass is 32.1. The van der Waals surface area contributed by atoms with Crippen molar-refractivity contribution in [1.29, 1.82) is 0 Å². The summed E-state index contributed by atoms with van der Waals surface area (Å²) < 4.78 is 13.1. The average molecular weight is 322 g/mol. The third-order valence-corrected chi connectivity index (χ3v) is 4.11. The van der Waals surface area contributed by atoms with E-state index in [0.29, 0.717) is 6.42 Å². The topological polar surface area (TPSA) is 61.4 Å². The Balaban J connectivity index is 1.74. The fourth-order valence-corrected chi connectivity index (χ4v) is 2.83. The third kappa shape index (κ3) is 5.13. The summed E-state index contributed by atoms with van der Waals surface area (Å²) in [7, 11) is 0. The molecular formula is C16H19FN2O2S. The van der Waals surface area contributed by atoms with E-state index < -0.39 is 6.10 Å². The lowest BCUT2D eigenvalue weighted by Gasteiger charge is -2.16. The molecule has 2 aromatic rings. The minimum atomic E-state index is -0.704. The molecule has 2 rings (SSSR count). The molecule has 118 valence electrons. The number of carbonyl (C=O) groups excluding carboxylic acids is 1. The molecule has 1 aromatic heterocycles. The molecule has 2 atom stereocenters. The Morgan fingerprint density at radius 1 is 1.36 bits per heavy atom. The molecule has 3 N–H and O–H groups in total. The quantitative estimate of drug-likeness (QED) is 0.766. The van der Waals surface area contributed by atoms with Crippen molar-refractivity contribution in [3.63, 3.8) is 0 Å². The van der Waals surface area contributed by atoms with Gasteiger partial charge in [0, 0.05) is 10.9 Å². The predicted molar refractivity (Wildman–Crippen MR) is 85.4 cm³/mol. The zero-order valence-electron chi connectivity index (χ0n) is 12.3. The van der Waals surface area contributed by atoms with E-state index in [1.165, 1.54) is 23.5 Å². The molecule has 6 heteroatoms. The van der Waals surface area contributed by atoms with E-state index in [4.69, 9.17) is 0 Å². The number of amides is 2. The number of urea groups is 1. The Bertz CT molecular complexity index is 604. The SMILES string of the molecule is C[C@H](Cc1cccc(F)c1)NC(=O)NC[C@@H](O)c1cccs1. The first-order chi connectivity index (χ1) is 10.5. The average Bonchev–Trinajstić information content (AvgIpc) is 2.98. The van der Waals surface area contributed by atoms with Gasteiger partial charge < -0.3 is 15.7 Å². The van der Waals surface area contributed by atoms with Crippen LogP contribution in [0.1, 0.15) is 23.5 Å². The van der Waals surface area contributed by atoms with Crippen LogP contribution in [0.2, 0.25) is 0 Å². The molecule has 0 aliphatic carbocycles. The summed E-state index contributed by atoms with van der Waals surface area (Å²) in [5.74, 6) is -0.284. The highest BCUT2D eigenvalue weighted by Crippen LogP contribution is 2.17. The lowest BCUT2D eigenvalue weighted by molar-refractivity contribution is 0.176. The van der Waals surface area contributed by atoms with Gasteiger partial charge in [0.2, 0.25) is 0 Å². The molecule has 4 nitrogen and oxygen atoms in total. The number of aliphatic hydroxyl groups is 1. The van der Waals surface area contributed by atoms with Crippen LogP contribution in [0, 0.1) is 5.82 Å². The monoisotopic (exact) mass is 322 g/mol. The van der Waals surface area contributed by atoms with E-state index in [-0.39, 0.29) is 24.4 Å². The van der Waals surface area contributed by atoms with Crippen molar-refractivity contribution < 1.29 is 14.3 Å². The molecule has 0 aliphatic rings. The molecule has 2 amide bonds. The van der Waals surface area contributed by atoms with Crippen molar-refractivity contribution in [3.05, 3.63) is 58.0 Å². The van der Waals surface area contributed by atoms with Crippen LogP contribution in [0.15, 0.2) is 41.8 Å². The number of hydrogen-bond acceptors (Lipinski definition) is 3. The predicted octanol–water partition coefficient (Wildman–Crippen LogP) is 2.85. The van der Waals surface area contributed by atoms with Crippen molar-refractivity contribution in [2.24, 2.45) is 0 Å². The Morgan fingerprint density at radius 2 is 2.18 bits per heavy atom. The second kappa shape index (κ2) is 7.91. The highest BCUT2D eigenvalue weighted by Gasteiger charge is 2.12. The summed E-state index contributed by atoms with van der Waals surface area (Å²) >= 11 is 1.44. The molecule has 0 aliphatic heterocycles. The van der Waals surface area contributed by atoms with Gasteiger partial charge in [-0.05, 0) is 42.5 Å². The minimum Gasteiger partial charge on any atom is -0.386 e. The first kappa shape index (κ1) is 16.5. The Kier molecular flexibility index (Phi) is 5.91. The van der Waals surface area contributed by atoms with Gasteiger partial charge >= 0.3 is 6.03 Å². The number of halogens is 1. The summed E-state index contributed by atoms with van der Waals surface area (Å²) in [6.45, 7) is 2.00. The molecule has 0 fully saturated rings. The number of nitrogens with one attached hydrogen (secondary N) is 2. The number of thiophene rings is 1. The van der Waals surface area contributed by atoms with E-state index in [0.717, 1.165) is 10.4 Å². The first-order valence-corrected chi connectivity index (χ1v) is 7.93. The van der Waals surface area contributed by atoms with E-state index >= 15 is 0 Å². The van der Waals surface area contributed by atoms with Crippen molar-refractivity contribution in [3.8, 4) is 0 Å². The second-order valence-electron chi connectivity index (χ2n) is 5.12. The zero-order chi connectivity index (χ0) is 15.9. The van der Waals surface area contributed by atoms with Crippen LogP contribution in [0.3, 0.4) is 0 Å². The maximum atomic E-state index is 13.1. The van der Waals surface area contributed by atoms with Gasteiger partial charge in [-0.1, -0.05) is 18.2 Å². The van der Waals surface area contributed by atoms with Gasteiger partial charge in [0.25, 0.3) is 0 Å². The molecule has 0 saturated heterocycles. The summed E-state index contributed by atoms with van der Waals surface area (Å²) in [6, 6.07) is 9.50. The summed E-state index contributed by atoms with van der Waals surface area (Å²) in [6.07, 6.45) is -0.164. The molecule has 0 radical (unpaired) electrons. The molecule has 1 heterocycles. The van der Waals surface area contributed by atoms with Crippen LogP contribution < -0.4 is 10.6 Å². The number of hydrogen-bond donors (Lipinski definition) is 3. The number of aliphatic hydroxyl groups excluding tert-OH is 1. The van der Waals surface area contributed by atoms with E-state index in [1.807, 2.05) is 30.5 Å². The van der Waals surface area contributed by atoms with Crippen LogP contribution in [0.4, 0.5) is 9.18 Å². The second-order valence-corrected chi connectivity index (χ2v) is 6.10. The van der Waals surface area contributed by atoms with Crippen LogP contribution in [-0.4, -0.2) is 23.7 Å². The molecule has 0 saturated carbocycles. The van der Waals surface area contributed by atoms with Crippen molar-refractivity contribution in [1.82, 2.24) is 10.6 Å². The molecule has 1 aromatic carbocycles. The van der Waals surface area contributed by atoms with Crippen LogP contribution in [-0.2, 0) is 6.42 Å². The normalized spacial score (nSPS) is 13.4. The third-order valence-electron chi connectivity index (χ3n) is 3.14. The van der Waals surface area contributed by atoms with Crippen LogP contribution in [0.25, 0.3) is 0 Å². The largest absolute Gasteiger partial charge is 0.386 e. The summed E-state index contributed by atoms with van der Waals surface area (Å²) in [4.78, 5) is 12.6. The summed E-state index contributed by atoms with van der Waals surface area (Å²) in [5, 5.41) is 17.2.